The fraction of sp³-hybridized carbons (Fsp3) is 0.235. The van der Waals surface area contributed by atoms with Crippen molar-refractivity contribution < 1.29 is 9.53 Å². The number of carbonyl (C=O) groups is 1. The van der Waals surface area contributed by atoms with Crippen LogP contribution in [0.2, 0.25) is 0 Å². The van der Waals surface area contributed by atoms with Crippen LogP contribution < -0.4 is 10.1 Å². The highest BCUT2D eigenvalue weighted by Gasteiger charge is 2.14. The minimum absolute atomic E-state index is 0.0581. The van der Waals surface area contributed by atoms with Crippen molar-refractivity contribution in [2.24, 2.45) is 0 Å². The molecule has 0 radical (unpaired) electrons. The molecule has 20 heavy (non-hydrogen) atoms. The number of nitrogens with one attached hydrogen (secondary N) is 1. The van der Waals surface area contributed by atoms with Crippen LogP contribution in [0.3, 0.4) is 0 Å². The predicted octanol–water partition coefficient (Wildman–Crippen LogP) is 2.92. The maximum atomic E-state index is 12.5. The molecule has 102 valence electrons. The van der Waals surface area contributed by atoms with Crippen molar-refractivity contribution in [1.82, 2.24) is 5.32 Å². The average Bonchev–Trinajstić information content (AvgIpc) is 2.95. The van der Waals surface area contributed by atoms with Gasteiger partial charge in [0.1, 0.15) is 5.75 Å². The Hall–Kier alpha value is -2.13. The molecule has 0 aliphatic carbocycles. The van der Waals surface area contributed by atoms with E-state index in [1.165, 1.54) is 11.1 Å². The first-order valence-electron chi connectivity index (χ1n) is 6.88. The Bertz CT molecular complexity index is 632. The lowest BCUT2D eigenvalue weighted by Crippen LogP contribution is -2.03. The molecule has 1 N–H and O–H groups in total. The van der Waals surface area contributed by atoms with Crippen LogP contribution in [0.5, 0.6) is 5.75 Å². The maximum Gasteiger partial charge on any atom is 0.193 e. The summed E-state index contributed by atoms with van der Waals surface area (Å²) in [6.07, 6.45) is 0. The molecular formula is C17H17NO2. The molecule has 3 nitrogen and oxygen atoms in total. The lowest BCUT2D eigenvalue weighted by atomic mass is 9.99. The Morgan fingerprint density at radius 1 is 1.05 bits per heavy atom. The third kappa shape index (κ3) is 2.45. The van der Waals surface area contributed by atoms with Crippen LogP contribution in [0.1, 0.15) is 34.0 Å². The number of hydrogen-bond donors (Lipinski definition) is 1. The Balaban J connectivity index is 1.84. The number of ketones is 1. The van der Waals surface area contributed by atoms with Gasteiger partial charge < -0.3 is 10.1 Å². The molecule has 0 fully saturated rings. The highest BCUT2D eigenvalue weighted by Crippen LogP contribution is 2.20. The molecule has 2 aromatic rings. The van der Waals surface area contributed by atoms with Gasteiger partial charge in [0.15, 0.2) is 5.78 Å². The molecule has 1 aliphatic heterocycles. The van der Waals surface area contributed by atoms with Crippen molar-refractivity contribution in [1.29, 1.82) is 0 Å². The van der Waals surface area contributed by atoms with Crippen molar-refractivity contribution in [3.05, 3.63) is 64.7 Å². The van der Waals surface area contributed by atoms with Crippen LogP contribution in [-0.2, 0) is 13.1 Å². The first kappa shape index (κ1) is 12.9. The van der Waals surface area contributed by atoms with E-state index in [0.29, 0.717) is 12.2 Å². The number of carbonyl (C=O) groups excluding carboxylic acids is 1. The first-order chi connectivity index (χ1) is 9.78. The standard InChI is InChI=1S/C17H17NO2/c1-2-20-16-7-5-12(6-8-16)17(19)13-3-4-14-10-18-11-15(14)9-13/h3-9,18H,2,10-11H2,1H3. The van der Waals surface area contributed by atoms with Gasteiger partial charge in [0, 0.05) is 24.2 Å². The van der Waals surface area contributed by atoms with Crippen molar-refractivity contribution in [3.8, 4) is 5.75 Å². The second-order valence-electron chi connectivity index (χ2n) is 4.87. The van der Waals surface area contributed by atoms with Gasteiger partial charge in [-0.2, -0.15) is 0 Å². The number of ether oxygens (including phenoxy) is 1. The Kier molecular flexibility index (Phi) is 3.52. The second-order valence-corrected chi connectivity index (χ2v) is 4.87. The third-order valence-electron chi connectivity index (χ3n) is 3.53. The number of hydrogen-bond acceptors (Lipinski definition) is 3. The summed E-state index contributed by atoms with van der Waals surface area (Å²) in [6.45, 7) is 4.31. The van der Waals surface area contributed by atoms with E-state index >= 15 is 0 Å². The average molecular weight is 267 g/mol. The molecule has 3 rings (SSSR count). The molecule has 0 spiro atoms. The fourth-order valence-corrected chi connectivity index (χ4v) is 2.47. The number of benzene rings is 2. The fourth-order valence-electron chi connectivity index (χ4n) is 2.47. The summed E-state index contributed by atoms with van der Waals surface area (Å²) in [5, 5.41) is 3.29. The van der Waals surface area contributed by atoms with Gasteiger partial charge in [-0.05, 0) is 48.4 Å². The zero-order chi connectivity index (χ0) is 13.9. The largest absolute Gasteiger partial charge is 0.494 e. The summed E-state index contributed by atoms with van der Waals surface area (Å²) in [4.78, 5) is 12.5. The van der Waals surface area contributed by atoms with Crippen molar-refractivity contribution in [2.45, 2.75) is 20.0 Å². The molecule has 0 amide bonds. The molecule has 0 saturated carbocycles. The molecule has 0 aromatic heterocycles. The van der Waals surface area contributed by atoms with E-state index < -0.39 is 0 Å². The molecule has 0 bridgehead atoms. The van der Waals surface area contributed by atoms with Crippen LogP contribution in [-0.4, -0.2) is 12.4 Å². The van der Waals surface area contributed by atoms with Crippen LogP contribution in [0.25, 0.3) is 0 Å². The van der Waals surface area contributed by atoms with E-state index in [1.54, 1.807) is 0 Å². The molecule has 0 atom stereocenters. The van der Waals surface area contributed by atoms with Crippen molar-refractivity contribution in [3.63, 3.8) is 0 Å². The van der Waals surface area contributed by atoms with Crippen LogP contribution >= 0.6 is 0 Å². The zero-order valence-corrected chi connectivity index (χ0v) is 11.5. The summed E-state index contributed by atoms with van der Waals surface area (Å²) in [5.41, 5.74) is 3.95. The SMILES string of the molecule is CCOc1ccc(C(=O)c2ccc3c(c2)CNC3)cc1. The molecule has 3 heteroatoms. The molecule has 1 aliphatic rings. The smallest absolute Gasteiger partial charge is 0.193 e. The molecule has 0 unspecified atom stereocenters. The van der Waals surface area contributed by atoms with Gasteiger partial charge in [0.05, 0.1) is 6.61 Å². The van der Waals surface area contributed by atoms with Gasteiger partial charge in [-0.3, -0.25) is 4.79 Å². The van der Waals surface area contributed by atoms with Crippen LogP contribution in [0, 0.1) is 0 Å². The van der Waals surface area contributed by atoms with E-state index in [9.17, 15) is 4.79 Å². The van der Waals surface area contributed by atoms with Gasteiger partial charge in [0.2, 0.25) is 0 Å². The predicted molar refractivity (Wildman–Crippen MR) is 78.0 cm³/mol. The second kappa shape index (κ2) is 5.47. The summed E-state index contributed by atoms with van der Waals surface area (Å²) in [7, 11) is 0. The minimum Gasteiger partial charge on any atom is -0.494 e. The van der Waals surface area contributed by atoms with Gasteiger partial charge in [0.25, 0.3) is 0 Å². The van der Waals surface area contributed by atoms with Gasteiger partial charge in [-0.1, -0.05) is 12.1 Å². The van der Waals surface area contributed by atoms with Crippen LogP contribution in [0.4, 0.5) is 0 Å². The normalized spacial score (nSPS) is 13.1. The summed E-state index contributed by atoms with van der Waals surface area (Å²) < 4.78 is 5.39. The van der Waals surface area contributed by atoms with E-state index in [0.717, 1.165) is 24.4 Å². The van der Waals surface area contributed by atoms with Crippen molar-refractivity contribution >= 4 is 5.78 Å². The topological polar surface area (TPSA) is 38.3 Å². The molecular weight excluding hydrogens is 250 g/mol. The minimum atomic E-state index is 0.0581. The van der Waals surface area contributed by atoms with Gasteiger partial charge in [-0.15, -0.1) is 0 Å². The van der Waals surface area contributed by atoms with E-state index in [2.05, 4.69) is 5.32 Å². The molecule has 2 aromatic carbocycles. The van der Waals surface area contributed by atoms with E-state index in [-0.39, 0.29) is 5.78 Å². The van der Waals surface area contributed by atoms with Gasteiger partial charge in [-0.25, -0.2) is 0 Å². The molecule has 0 saturated heterocycles. The summed E-state index contributed by atoms with van der Waals surface area (Å²) >= 11 is 0. The molecule has 1 heterocycles. The quantitative estimate of drug-likeness (QED) is 0.866. The van der Waals surface area contributed by atoms with E-state index in [1.807, 2.05) is 49.4 Å². The highest BCUT2D eigenvalue weighted by molar-refractivity contribution is 6.09. The maximum absolute atomic E-state index is 12.5. The highest BCUT2D eigenvalue weighted by atomic mass is 16.5. The lowest BCUT2D eigenvalue weighted by Gasteiger charge is -2.06. The summed E-state index contributed by atoms with van der Waals surface area (Å²) in [5.74, 6) is 0.852. The Morgan fingerprint density at radius 2 is 1.75 bits per heavy atom. The van der Waals surface area contributed by atoms with Crippen molar-refractivity contribution in [2.75, 3.05) is 6.61 Å². The van der Waals surface area contributed by atoms with Gasteiger partial charge >= 0.3 is 0 Å². The Labute approximate surface area is 118 Å². The van der Waals surface area contributed by atoms with E-state index in [4.69, 9.17) is 4.74 Å². The third-order valence-corrected chi connectivity index (χ3v) is 3.53. The first-order valence-corrected chi connectivity index (χ1v) is 6.88. The monoisotopic (exact) mass is 267 g/mol. The Morgan fingerprint density at radius 3 is 2.50 bits per heavy atom. The van der Waals surface area contributed by atoms with Crippen LogP contribution in [0.15, 0.2) is 42.5 Å². The number of rotatable bonds is 4. The lowest BCUT2D eigenvalue weighted by molar-refractivity contribution is 0.103. The number of fused-ring (bicyclic) bond motifs is 1. The summed E-state index contributed by atoms with van der Waals surface area (Å²) in [6, 6.07) is 13.3. The zero-order valence-electron chi connectivity index (χ0n) is 11.5.